The quantitative estimate of drug-likeness (QED) is 0.725. The van der Waals surface area contributed by atoms with Crippen LogP contribution in [0.3, 0.4) is 0 Å². The van der Waals surface area contributed by atoms with Gasteiger partial charge in [0.25, 0.3) is 5.56 Å². The maximum atomic E-state index is 12.9. The first kappa shape index (κ1) is 18.8. The van der Waals surface area contributed by atoms with Crippen LogP contribution in [-0.2, 0) is 11.3 Å². The molecule has 7 nitrogen and oxygen atoms in total. The number of nitrogens with one attached hydrogen (secondary N) is 1. The summed E-state index contributed by atoms with van der Waals surface area (Å²) in [5.41, 5.74) is 2.36. The third-order valence-corrected chi connectivity index (χ3v) is 4.43. The Labute approximate surface area is 158 Å². The number of amides is 1. The van der Waals surface area contributed by atoms with E-state index >= 15 is 0 Å². The molecule has 142 valence electrons. The molecule has 2 heterocycles. The summed E-state index contributed by atoms with van der Waals surface area (Å²) in [5, 5.41) is 7.66. The van der Waals surface area contributed by atoms with Crippen molar-refractivity contribution in [3.05, 3.63) is 52.2 Å². The molecule has 0 aliphatic carbocycles. The van der Waals surface area contributed by atoms with Gasteiger partial charge in [-0.25, -0.2) is 9.67 Å². The van der Waals surface area contributed by atoms with Crippen molar-refractivity contribution in [1.82, 2.24) is 24.6 Å². The maximum Gasteiger partial charge on any atom is 0.264 e. The van der Waals surface area contributed by atoms with E-state index in [-0.39, 0.29) is 17.9 Å². The van der Waals surface area contributed by atoms with E-state index in [0.29, 0.717) is 35.9 Å². The van der Waals surface area contributed by atoms with Crippen molar-refractivity contribution in [3.63, 3.8) is 0 Å². The normalized spacial score (nSPS) is 11.3. The lowest BCUT2D eigenvalue weighted by atomic mass is 10.2. The fraction of sp³-hybridized carbons (Fsp3) is 0.400. The van der Waals surface area contributed by atoms with E-state index in [0.717, 1.165) is 11.3 Å². The monoisotopic (exact) mass is 367 g/mol. The lowest BCUT2D eigenvalue weighted by Crippen LogP contribution is -2.31. The highest BCUT2D eigenvalue weighted by atomic mass is 16.1. The highest BCUT2D eigenvalue weighted by Gasteiger charge is 2.15. The molecule has 0 unspecified atom stereocenters. The molecule has 0 aliphatic rings. The molecule has 2 aromatic heterocycles. The van der Waals surface area contributed by atoms with Crippen molar-refractivity contribution in [1.29, 1.82) is 0 Å². The summed E-state index contributed by atoms with van der Waals surface area (Å²) in [6.45, 7) is 8.81. The van der Waals surface area contributed by atoms with Gasteiger partial charge in [-0.2, -0.15) is 5.10 Å². The molecule has 0 saturated carbocycles. The molecule has 1 N–H and O–H groups in total. The minimum absolute atomic E-state index is 0.0644. The fourth-order valence-corrected chi connectivity index (χ4v) is 2.86. The molecule has 0 fully saturated rings. The average molecular weight is 367 g/mol. The van der Waals surface area contributed by atoms with Gasteiger partial charge < -0.3 is 5.32 Å². The first-order valence-electron chi connectivity index (χ1n) is 9.15. The van der Waals surface area contributed by atoms with Crippen LogP contribution in [0, 0.1) is 19.8 Å². The van der Waals surface area contributed by atoms with Crippen LogP contribution < -0.4 is 10.9 Å². The smallest absolute Gasteiger partial charge is 0.264 e. The van der Waals surface area contributed by atoms with Gasteiger partial charge in [-0.3, -0.25) is 14.2 Å². The number of rotatable bonds is 6. The van der Waals surface area contributed by atoms with Crippen LogP contribution in [0.25, 0.3) is 16.7 Å². The van der Waals surface area contributed by atoms with Crippen LogP contribution in [-0.4, -0.2) is 31.8 Å². The van der Waals surface area contributed by atoms with Crippen molar-refractivity contribution in [2.45, 2.75) is 40.7 Å². The zero-order chi connectivity index (χ0) is 19.6. The Bertz CT molecular complexity index is 1020. The highest BCUT2D eigenvalue weighted by molar-refractivity contribution is 5.76. The average Bonchev–Trinajstić information content (AvgIpc) is 3.04. The Balaban J connectivity index is 1.88. The van der Waals surface area contributed by atoms with Crippen LogP contribution in [0.5, 0.6) is 0 Å². The molecule has 1 aromatic carbocycles. The van der Waals surface area contributed by atoms with Crippen molar-refractivity contribution >= 4 is 16.9 Å². The van der Waals surface area contributed by atoms with Crippen LogP contribution in [0.1, 0.15) is 31.7 Å². The molecule has 0 atom stereocenters. The van der Waals surface area contributed by atoms with Crippen LogP contribution in [0.4, 0.5) is 0 Å². The van der Waals surface area contributed by atoms with Gasteiger partial charge in [0.2, 0.25) is 5.91 Å². The predicted molar refractivity (Wildman–Crippen MR) is 105 cm³/mol. The molecule has 3 rings (SSSR count). The van der Waals surface area contributed by atoms with Crippen LogP contribution >= 0.6 is 0 Å². The second-order valence-electron chi connectivity index (χ2n) is 7.19. The predicted octanol–water partition coefficient (Wildman–Crippen LogP) is 2.36. The van der Waals surface area contributed by atoms with Gasteiger partial charge in [0.15, 0.2) is 5.65 Å². The summed E-state index contributed by atoms with van der Waals surface area (Å²) in [5.74, 6) is 0.896. The first-order valence-corrected chi connectivity index (χ1v) is 9.15. The highest BCUT2D eigenvalue weighted by Crippen LogP contribution is 2.15. The van der Waals surface area contributed by atoms with E-state index in [1.54, 1.807) is 22.4 Å². The largest absolute Gasteiger partial charge is 0.356 e. The van der Waals surface area contributed by atoms with E-state index in [4.69, 9.17) is 0 Å². The second kappa shape index (κ2) is 7.73. The van der Waals surface area contributed by atoms with Crippen LogP contribution in [0.15, 0.2) is 35.3 Å². The van der Waals surface area contributed by atoms with Crippen molar-refractivity contribution in [3.8, 4) is 5.69 Å². The van der Waals surface area contributed by atoms with E-state index in [1.165, 1.54) is 0 Å². The fourth-order valence-electron chi connectivity index (χ4n) is 2.86. The Morgan fingerprint density at radius 1 is 1.19 bits per heavy atom. The molecular weight excluding hydrogens is 342 g/mol. The lowest BCUT2D eigenvalue weighted by molar-refractivity contribution is -0.121. The number of hydrogen-bond donors (Lipinski definition) is 1. The molecule has 0 aliphatic heterocycles. The standard InChI is InChI=1S/C20H25N5O2/c1-13(2)11-21-18(26)9-10-24-15(4)23-19-17(20(24)27)12-22-25(19)16-7-5-14(3)6-8-16/h5-8,12-13H,9-11H2,1-4H3,(H,21,26). The third kappa shape index (κ3) is 4.07. The summed E-state index contributed by atoms with van der Waals surface area (Å²) < 4.78 is 3.21. The molecule has 7 heteroatoms. The molecule has 0 saturated heterocycles. The Morgan fingerprint density at radius 3 is 2.56 bits per heavy atom. The molecule has 27 heavy (non-hydrogen) atoms. The number of nitrogens with zero attached hydrogens (tertiary/aromatic N) is 4. The third-order valence-electron chi connectivity index (χ3n) is 4.43. The van der Waals surface area contributed by atoms with Crippen molar-refractivity contribution in [2.75, 3.05) is 6.54 Å². The summed E-state index contributed by atoms with van der Waals surface area (Å²) >= 11 is 0. The molecular formula is C20H25N5O2. The molecule has 0 bridgehead atoms. The van der Waals surface area contributed by atoms with Crippen LogP contribution in [0.2, 0.25) is 0 Å². The van der Waals surface area contributed by atoms with E-state index in [9.17, 15) is 9.59 Å². The van der Waals surface area contributed by atoms with Gasteiger partial charge in [0.05, 0.1) is 11.9 Å². The summed E-state index contributed by atoms with van der Waals surface area (Å²) in [6, 6.07) is 7.88. The number of aromatic nitrogens is 4. The lowest BCUT2D eigenvalue weighted by Gasteiger charge is -2.11. The van der Waals surface area contributed by atoms with Gasteiger partial charge in [0, 0.05) is 19.5 Å². The molecule has 1 amide bonds. The molecule has 0 spiro atoms. The number of aryl methyl sites for hydroxylation is 2. The zero-order valence-corrected chi connectivity index (χ0v) is 16.2. The summed E-state index contributed by atoms with van der Waals surface area (Å²) in [7, 11) is 0. The van der Waals surface area contributed by atoms with Gasteiger partial charge in [0.1, 0.15) is 11.2 Å². The van der Waals surface area contributed by atoms with E-state index in [1.807, 2.05) is 45.0 Å². The SMILES string of the molecule is Cc1ccc(-n2ncc3c(=O)n(CCC(=O)NCC(C)C)c(C)nc32)cc1. The summed E-state index contributed by atoms with van der Waals surface area (Å²) in [6.07, 6.45) is 1.78. The minimum atomic E-state index is -0.174. The number of carbonyl (C=O) groups excluding carboxylic acids is 1. The first-order chi connectivity index (χ1) is 12.9. The van der Waals surface area contributed by atoms with Gasteiger partial charge in [-0.1, -0.05) is 31.5 Å². The minimum Gasteiger partial charge on any atom is -0.356 e. The topological polar surface area (TPSA) is 81.8 Å². The number of carbonyl (C=O) groups is 1. The molecule has 0 radical (unpaired) electrons. The second-order valence-corrected chi connectivity index (χ2v) is 7.19. The van der Waals surface area contributed by atoms with Crippen molar-refractivity contribution in [2.24, 2.45) is 5.92 Å². The number of hydrogen-bond acceptors (Lipinski definition) is 4. The van der Waals surface area contributed by atoms with E-state index in [2.05, 4.69) is 15.4 Å². The van der Waals surface area contributed by atoms with E-state index < -0.39 is 0 Å². The molecule has 3 aromatic rings. The number of benzene rings is 1. The summed E-state index contributed by atoms with van der Waals surface area (Å²) in [4.78, 5) is 29.4. The zero-order valence-electron chi connectivity index (χ0n) is 16.2. The Morgan fingerprint density at radius 2 is 1.89 bits per heavy atom. The van der Waals surface area contributed by atoms with Gasteiger partial charge in [-0.15, -0.1) is 0 Å². The number of fused-ring (bicyclic) bond motifs is 1. The maximum absolute atomic E-state index is 12.9. The Hall–Kier alpha value is -2.96. The van der Waals surface area contributed by atoms with Gasteiger partial charge in [-0.05, 0) is 31.9 Å². The Kier molecular flexibility index (Phi) is 5.39. The van der Waals surface area contributed by atoms with Gasteiger partial charge >= 0.3 is 0 Å². The van der Waals surface area contributed by atoms with Crippen molar-refractivity contribution < 1.29 is 4.79 Å².